The van der Waals surface area contributed by atoms with Crippen LogP contribution in [-0.2, 0) is 6.54 Å². The molecule has 0 aromatic carbocycles. The van der Waals surface area contributed by atoms with Crippen LogP contribution in [0.2, 0.25) is 5.02 Å². The predicted molar refractivity (Wildman–Crippen MR) is 93.1 cm³/mol. The highest BCUT2D eigenvalue weighted by Crippen LogP contribution is 2.22. The van der Waals surface area contributed by atoms with Crippen molar-refractivity contribution in [3.05, 3.63) is 22.8 Å². The summed E-state index contributed by atoms with van der Waals surface area (Å²) in [4.78, 5) is 6.71. The third-order valence-electron chi connectivity index (χ3n) is 3.62. The van der Waals surface area contributed by atoms with E-state index in [1.807, 2.05) is 0 Å². The minimum atomic E-state index is 0.468. The Balaban J connectivity index is 2.75. The molecule has 120 valence electrons. The van der Waals surface area contributed by atoms with E-state index in [4.69, 9.17) is 11.6 Å². The van der Waals surface area contributed by atoms with Crippen molar-refractivity contribution >= 4 is 17.4 Å². The maximum absolute atomic E-state index is 6.26. The largest absolute Gasteiger partial charge is 0.357 e. The summed E-state index contributed by atoms with van der Waals surface area (Å²) in [6, 6.07) is 2.57. The van der Waals surface area contributed by atoms with Crippen molar-refractivity contribution in [2.24, 2.45) is 11.8 Å². The summed E-state index contributed by atoms with van der Waals surface area (Å²) in [6.45, 7) is 12.9. The Morgan fingerprint density at radius 1 is 1.19 bits per heavy atom. The highest BCUT2D eigenvalue weighted by Gasteiger charge is 2.14. The molecular weight excluding hydrogens is 282 g/mol. The van der Waals surface area contributed by atoms with Gasteiger partial charge in [0.2, 0.25) is 0 Å². The van der Waals surface area contributed by atoms with E-state index in [2.05, 4.69) is 62.9 Å². The molecule has 0 aliphatic rings. The van der Waals surface area contributed by atoms with Crippen LogP contribution in [0.25, 0.3) is 0 Å². The van der Waals surface area contributed by atoms with Crippen LogP contribution < -0.4 is 10.2 Å². The van der Waals surface area contributed by atoms with Crippen LogP contribution in [0.1, 0.15) is 46.6 Å². The number of anilines is 1. The quantitative estimate of drug-likeness (QED) is 0.773. The molecule has 0 bridgehead atoms. The zero-order chi connectivity index (χ0) is 16.0. The normalized spacial score (nSPS) is 13.0. The standard InChI is InChI=1S/C17H30ClN3/c1-12(2)7-14(5)21(6)17-8-15(16(18)11-20-17)10-19-9-13(3)4/h8,11-14,19H,7,9-10H2,1-6H3. The van der Waals surface area contributed by atoms with E-state index in [9.17, 15) is 0 Å². The van der Waals surface area contributed by atoms with E-state index in [1.54, 1.807) is 6.20 Å². The molecule has 1 N–H and O–H groups in total. The Hall–Kier alpha value is -0.800. The first-order chi connectivity index (χ1) is 9.81. The SMILES string of the molecule is CC(C)CNCc1cc(N(C)C(C)CC(C)C)ncc1Cl. The number of hydrogen-bond acceptors (Lipinski definition) is 3. The number of halogens is 1. The molecule has 0 aliphatic carbocycles. The number of rotatable bonds is 8. The Kier molecular flexibility index (Phi) is 7.47. The Morgan fingerprint density at radius 3 is 2.43 bits per heavy atom. The summed E-state index contributed by atoms with van der Waals surface area (Å²) in [6.07, 6.45) is 2.92. The van der Waals surface area contributed by atoms with Gasteiger partial charge in [0.1, 0.15) is 5.82 Å². The maximum Gasteiger partial charge on any atom is 0.128 e. The molecule has 1 unspecified atom stereocenters. The molecule has 0 amide bonds. The van der Waals surface area contributed by atoms with Crippen molar-refractivity contribution in [3.8, 4) is 0 Å². The van der Waals surface area contributed by atoms with Gasteiger partial charge in [0, 0.05) is 25.8 Å². The van der Waals surface area contributed by atoms with Crippen LogP contribution in [0.15, 0.2) is 12.3 Å². The fourth-order valence-electron chi connectivity index (χ4n) is 2.36. The molecule has 1 atom stereocenters. The van der Waals surface area contributed by atoms with Gasteiger partial charge in [-0.25, -0.2) is 4.98 Å². The zero-order valence-electron chi connectivity index (χ0n) is 14.3. The Morgan fingerprint density at radius 2 is 1.86 bits per heavy atom. The molecular formula is C17H30ClN3. The average molecular weight is 312 g/mol. The van der Waals surface area contributed by atoms with Crippen molar-refractivity contribution < 1.29 is 0 Å². The Labute approximate surface area is 135 Å². The van der Waals surface area contributed by atoms with Gasteiger partial charge in [-0.2, -0.15) is 0 Å². The summed E-state index contributed by atoms with van der Waals surface area (Å²) in [5.41, 5.74) is 1.12. The molecule has 1 aromatic rings. The van der Waals surface area contributed by atoms with Gasteiger partial charge in [-0.3, -0.25) is 0 Å². The lowest BCUT2D eigenvalue weighted by Gasteiger charge is -2.27. The van der Waals surface area contributed by atoms with E-state index < -0.39 is 0 Å². The van der Waals surface area contributed by atoms with Crippen molar-refractivity contribution in [1.82, 2.24) is 10.3 Å². The molecule has 0 saturated carbocycles. The monoisotopic (exact) mass is 311 g/mol. The van der Waals surface area contributed by atoms with Crippen LogP contribution in [0.4, 0.5) is 5.82 Å². The van der Waals surface area contributed by atoms with E-state index in [-0.39, 0.29) is 0 Å². The second-order valence-corrected chi connectivity index (χ2v) is 7.16. The molecule has 0 radical (unpaired) electrons. The topological polar surface area (TPSA) is 28.2 Å². The molecule has 1 rings (SSSR count). The highest BCUT2D eigenvalue weighted by molar-refractivity contribution is 6.31. The molecule has 0 fully saturated rings. The number of pyridine rings is 1. The fraction of sp³-hybridized carbons (Fsp3) is 0.706. The molecule has 0 saturated heterocycles. The minimum absolute atomic E-state index is 0.468. The summed E-state index contributed by atoms with van der Waals surface area (Å²) in [7, 11) is 2.11. The molecule has 21 heavy (non-hydrogen) atoms. The average Bonchev–Trinajstić information content (AvgIpc) is 2.39. The summed E-state index contributed by atoms with van der Waals surface area (Å²) < 4.78 is 0. The maximum atomic E-state index is 6.26. The minimum Gasteiger partial charge on any atom is -0.357 e. The van der Waals surface area contributed by atoms with Crippen LogP contribution in [0.5, 0.6) is 0 Å². The highest BCUT2D eigenvalue weighted by atomic mass is 35.5. The van der Waals surface area contributed by atoms with E-state index in [0.717, 1.165) is 35.9 Å². The summed E-state index contributed by atoms with van der Waals surface area (Å²) in [5.74, 6) is 2.31. The molecule has 0 spiro atoms. The number of nitrogens with one attached hydrogen (secondary N) is 1. The Bertz CT molecular complexity index is 432. The predicted octanol–water partition coefficient (Wildman–Crippen LogP) is 4.35. The molecule has 4 heteroatoms. The van der Waals surface area contributed by atoms with Crippen LogP contribution in [0, 0.1) is 11.8 Å². The molecule has 3 nitrogen and oxygen atoms in total. The van der Waals surface area contributed by atoms with Gasteiger partial charge in [-0.1, -0.05) is 39.3 Å². The first kappa shape index (κ1) is 18.2. The van der Waals surface area contributed by atoms with E-state index in [0.29, 0.717) is 17.9 Å². The lowest BCUT2D eigenvalue weighted by Crippen LogP contribution is -2.31. The number of aromatic nitrogens is 1. The van der Waals surface area contributed by atoms with Gasteiger partial charge in [0.15, 0.2) is 0 Å². The molecule has 1 heterocycles. The summed E-state index contributed by atoms with van der Waals surface area (Å²) >= 11 is 6.26. The van der Waals surface area contributed by atoms with Crippen LogP contribution in [-0.4, -0.2) is 24.6 Å². The van der Waals surface area contributed by atoms with E-state index in [1.165, 1.54) is 0 Å². The fourth-order valence-corrected chi connectivity index (χ4v) is 2.53. The van der Waals surface area contributed by atoms with Gasteiger partial charge in [0.25, 0.3) is 0 Å². The van der Waals surface area contributed by atoms with Crippen molar-refractivity contribution in [3.63, 3.8) is 0 Å². The second-order valence-electron chi connectivity index (χ2n) is 6.75. The van der Waals surface area contributed by atoms with Gasteiger partial charge in [-0.15, -0.1) is 0 Å². The number of hydrogen-bond donors (Lipinski definition) is 1. The van der Waals surface area contributed by atoms with Gasteiger partial charge < -0.3 is 10.2 Å². The zero-order valence-corrected chi connectivity index (χ0v) is 15.0. The second kappa shape index (κ2) is 8.60. The number of nitrogens with zero attached hydrogens (tertiary/aromatic N) is 2. The van der Waals surface area contributed by atoms with Crippen molar-refractivity contribution in [2.45, 2.75) is 53.6 Å². The van der Waals surface area contributed by atoms with Gasteiger partial charge in [0.05, 0.1) is 5.02 Å². The van der Waals surface area contributed by atoms with Crippen LogP contribution >= 0.6 is 11.6 Å². The molecule has 1 aromatic heterocycles. The van der Waals surface area contributed by atoms with E-state index >= 15 is 0 Å². The molecule has 0 aliphatic heterocycles. The first-order valence-electron chi connectivity index (χ1n) is 7.89. The third kappa shape index (κ3) is 6.23. The van der Waals surface area contributed by atoms with Crippen molar-refractivity contribution in [1.29, 1.82) is 0 Å². The lowest BCUT2D eigenvalue weighted by atomic mass is 10.0. The smallest absolute Gasteiger partial charge is 0.128 e. The lowest BCUT2D eigenvalue weighted by molar-refractivity contribution is 0.502. The van der Waals surface area contributed by atoms with Crippen LogP contribution in [0.3, 0.4) is 0 Å². The van der Waals surface area contributed by atoms with Gasteiger partial charge >= 0.3 is 0 Å². The third-order valence-corrected chi connectivity index (χ3v) is 3.96. The summed E-state index contributed by atoms with van der Waals surface area (Å²) in [5, 5.41) is 4.17. The van der Waals surface area contributed by atoms with Gasteiger partial charge in [-0.05, 0) is 43.4 Å². The van der Waals surface area contributed by atoms with Crippen molar-refractivity contribution in [2.75, 3.05) is 18.5 Å². The first-order valence-corrected chi connectivity index (χ1v) is 8.27.